The summed E-state index contributed by atoms with van der Waals surface area (Å²) in [6.45, 7) is 11.5. The van der Waals surface area contributed by atoms with Crippen LogP contribution in [0.2, 0.25) is 0 Å². The van der Waals surface area contributed by atoms with Crippen molar-refractivity contribution in [1.29, 1.82) is 0 Å². The first kappa shape index (κ1) is 24.1. The van der Waals surface area contributed by atoms with Gasteiger partial charge in [0.1, 0.15) is 0 Å². The first-order valence-corrected chi connectivity index (χ1v) is 8.54. The zero-order valence-electron chi connectivity index (χ0n) is 15.3. The Hall–Kier alpha value is -0.850. The summed E-state index contributed by atoms with van der Waals surface area (Å²) in [7, 11) is 0. The molecule has 1 saturated heterocycles. The Morgan fingerprint density at radius 3 is 2.28 bits per heavy atom. The van der Waals surface area contributed by atoms with Gasteiger partial charge in [-0.25, -0.2) is 0 Å². The van der Waals surface area contributed by atoms with Gasteiger partial charge in [-0.1, -0.05) is 19.1 Å². The Morgan fingerprint density at radius 2 is 1.72 bits per heavy atom. The Kier molecular flexibility index (Phi) is 12.1. The first-order chi connectivity index (χ1) is 11.1. The van der Waals surface area contributed by atoms with Gasteiger partial charge in [0, 0.05) is 38.3 Å². The third kappa shape index (κ3) is 8.38. The van der Waals surface area contributed by atoms with Crippen LogP contribution in [0.1, 0.15) is 36.7 Å². The van der Waals surface area contributed by atoms with Crippen LogP contribution in [0, 0.1) is 0 Å². The number of benzene rings is 1. The van der Waals surface area contributed by atoms with Gasteiger partial charge >= 0.3 is 0 Å². The zero-order chi connectivity index (χ0) is 16.7. The zero-order valence-corrected chi connectivity index (χ0v) is 16.9. The second kappa shape index (κ2) is 12.5. The summed E-state index contributed by atoms with van der Waals surface area (Å²) in [5.74, 6) is -0.0110. The highest BCUT2D eigenvalue weighted by molar-refractivity contribution is 5.94. The summed E-state index contributed by atoms with van der Waals surface area (Å²) >= 11 is 0. The maximum Gasteiger partial charge on any atom is 0.251 e. The van der Waals surface area contributed by atoms with Crippen LogP contribution >= 0.6 is 24.8 Å². The Balaban J connectivity index is 0.00000288. The Bertz CT molecular complexity index is 490. The predicted molar refractivity (Wildman–Crippen MR) is 107 cm³/mol. The molecule has 0 spiro atoms. The van der Waals surface area contributed by atoms with Gasteiger partial charge in [0.25, 0.3) is 5.91 Å². The van der Waals surface area contributed by atoms with Crippen molar-refractivity contribution in [2.45, 2.75) is 39.5 Å². The highest BCUT2D eigenvalue weighted by Crippen LogP contribution is 2.14. The monoisotopic (exact) mass is 391 g/mol. The molecule has 1 heterocycles. The smallest absolute Gasteiger partial charge is 0.251 e. The third-order valence-electron chi connectivity index (χ3n) is 3.95. The van der Waals surface area contributed by atoms with E-state index < -0.39 is 0 Å². The van der Waals surface area contributed by atoms with Gasteiger partial charge in [0.2, 0.25) is 0 Å². The molecule has 1 aromatic carbocycles. The van der Waals surface area contributed by atoms with Crippen LogP contribution in [0.3, 0.4) is 0 Å². The number of halogens is 2. The number of nitrogens with zero attached hydrogens (tertiary/aromatic N) is 1. The molecular weight excluding hydrogens is 361 g/mol. The fourth-order valence-corrected chi connectivity index (χ4v) is 2.98. The molecule has 0 aromatic heterocycles. The van der Waals surface area contributed by atoms with Crippen LogP contribution < -0.4 is 10.6 Å². The molecule has 1 aliphatic rings. The average molecular weight is 392 g/mol. The normalized spacial score (nSPS) is 20.3. The van der Waals surface area contributed by atoms with Crippen molar-refractivity contribution in [1.82, 2.24) is 15.5 Å². The highest BCUT2D eigenvalue weighted by atomic mass is 35.5. The highest BCUT2D eigenvalue weighted by Gasteiger charge is 2.21. The summed E-state index contributed by atoms with van der Waals surface area (Å²) in [6, 6.07) is 7.91. The summed E-state index contributed by atoms with van der Waals surface area (Å²) in [4.78, 5) is 14.4. The minimum Gasteiger partial charge on any atom is -0.373 e. The lowest BCUT2D eigenvalue weighted by Crippen LogP contribution is -2.44. The number of morpholine rings is 1. The molecule has 1 fully saturated rings. The number of rotatable bonds is 7. The van der Waals surface area contributed by atoms with E-state index in [-0.39, 0.29) is 42.9 Å². The maximum atomic E-state index is 12.0. The first-order valence-electron chi connectivity index (χ1n) is 8.54. The molecule has 0 aliphatic carbocycles. The topological polar surface area (TPSA) is 53.6 Å². The molecule has 2 atom stereocenters. The molecule has 0 bridgehead atoms. The molecule has 5 nitrogen and oxygen atoms in total. The van der Waals surface area contributed by atoms with Crippen LogP contribution in [-0.4, -0.2) is 55.7 Å². The van der Waals surface area contributed by atoms with Gasteiger partial charge in [0.15, 0.2) is 0 Å². The molecule has 144 valence electrons. The predicted octanol–water partition coefficient (Wildman–Crippen LogP) is 2.48. The van der Waals surface area contributed by atoms with Gasteiger partial charge < -0.3 is 15.4 Å². The van der Waals surface area contributed by atoms with Crippen molar-refractivity contribution in [2.75, 3.05) is 32.7 Å². The number of likely N-dealkylation sites (N-methyl/N-ethyl adjacent to an activating group) is 1. The maximum absolute atomic E-state index is 12.0. The molecule has 25 heavy (non-hydrogen) atoms. The van der Waals surface area contributed by atoms with Crippen molar-refractivity contribution >= 4 is 30.7 Å². The quantitative estimate of drug-likeness (QED) is 0.700. The summed E-state index contributed by atoms with van der Waals surface area (Å²) in [5, 5.41) is 6.10. The number of nitrogens with one attached hydrogen (secondary N) is 2. The molecule has 1 amide bonds. The minimum atomic E-state index is -0.0110. The second-order valence-corrected chi connectivity index (χ2v) is 6.26. The van der Waals surface area contributed by atoms with E-state index in [0.29, 0.717) is 12.1 Å². The van der Waals surface area contributed by atoms with E-state index in [1.165, 1.54) is 5.56 Å². The molecule has 0 saturated carbocycles. The minimum absolute atomic E-state index is 0. The molecule has 1 aliphatic heterocycles. The molecule has 2 rings (SSSR count). The number of hydrogen-bond donors (Lipinski definition) is 2. The number of ether oxygens (including phenoxy) is 1. The fraction of sp³-hybridized carbons (Fsp3) is 0.611. The van der Waals surface area contributed by atoms with Crippen LogP contribution in [0.25, 0.3) is 0 Å². The van der Waals surface area contributed by atoms with Crippen LogP contribution in [0.15, 0.2) is 24.3 Å². The number of hydrogen-bond acceptors (Lipinski definition) is 4. The van der Waals surface area contributed by atoms with Crippen molar-refractivity contribution in [3.63, 3.8) is 0 Å². The molecule has 0 radical (unpaired) electrons. The largest absolute Gasteiger partial charge is 0.373 e. The second-order valence-electron chi connectivity index (χ2n) is 6.26. The van der Waals surface area contributed by atoms with E-state index in [1.807, 2.05) is 24.3 Å². The van der Waals surface area contributed by atoms with E-state index in [2.05, 4.69) is 36.3 Å². The summed E-state index contributed by atoms with van der Waals surface area (Å²) in [6.07, 6.45) is 0.557. The number of carbonyl (C=O) groups excluding carboxylic acids is 1. The summed E-state index contributed by atoms with van der Waals surface area (Å²) < 4.78 is 5.76. The SMILES string of the molecule is CCNCCNC(=O)c1ccc(CN2CC(C)OC(C)C2)cc1.Cl.Cl. The van der Waals surface area contributed by atoms with Gasteiger partial charge in [-0.3, -0.25) is 9.69 Å². The van der Waals surface area contributed by atoms with E-state index in [0.717, 1.165) is 32.7 Å². The van der Waals surface area contributed by atoms with Crippen LogP contribution in [0.4, 0.5) is 0 Å². The van der Waals surface area contributed by atoms with Crippen LogP contribution in [0.5, 0.6) is 0 Å². The third-order valence-corrected chi connectivity index (χ3v) is 3.95. The molecule has 2 unspecified atom stereocenters. The van der Waals surface area contributed by atoms with Gasteiger partial charge in [0.05, 0.1) is 12.2 Å². The van der Waals surface area contributed by atoms with Crippen molar-refractivity contribution in [2.24, 2.45) is 0 Å². The Labute approximate surface area is 163 Å². The van der Waals surface area contributed by atoms with Gasteiger partial charge in [-0.2, -0.15) is 0 Å². The fourth-order valence-electron chi connectivity index (χ4n) is 2.98. The van der Waals surface area contributed by atoms with Gasteiger partial charge in [-0.15, -0.1) is 24.8 Å². The lowest BCUT2D eigenvalue weighted by molar-refractivity contribution is -0.0704. The average Bonchev–Trinajstić information content (AvgIpc) is 2.51. The Morgan fingerprint density at radius 1 is 1.12 bits per heavy atom. The molecule has 7 heteroatoms. The van der Waals surface area contributed by atoms with E-state index >= 15 is 0 Å². The lowest BCUT2D eigenvalue weighted by atomic mass is 10.1. The van der Waals surface area contributed by atoms with Crippen molar-refractivity contribution in [3.8, 4) is 0 Å². The van der Waals surface area contributed by atoms with Crippen LogP contribution in [-0.2, 0) is 11.3 Å². The standard InChI is InChI=1S/C18H29N3O2.2ClH/c1-4-19-9-10-20-18(22)17-7-5-16(6-8-17)13-21-11-14(2)23-15(3)12-21;;/h5-8,14-15,19H,4,9-13H2,1-3H3,(H,20,22);2*1H. The van der Waals surface area contributed by atoms with E-state index in [1.54, 1.807) is 0 Å². The van der Waals surface area contributed by atoms with Gasteiger partial charge in [-0.05, 0) is 38.1 Å². The molecule has 2 N–H and O–H groups in total. The lowest BCUT2D eigenvalue weighted by Gasteiger charge is -2.35. The number of amides is 1. The van der Waals surface area contributed by atoms with Crippen molar-refractivity contribution < 1.29 is 9.53 Å². The number of carbonyl (C=O) groups is 1. The van der Waals surface area contributed by atoms with E-state index in [4.69, 9.17) is 4.74 Å². The van der Waals surface area contributed by atoms with Crippen molar-refractivity contribution in [3.05, 3.63) is 35.4 Å². The molecular formula is C18H31Cl2N3O2. The molecule has 1 aromatic rings. The summed E-state index contributed by atoms with van der Waals surface area (Å²) in [5.41, 5.74) is 1.95. The van der Waals surface area contributed by atoms with E-state index in [9.17, 15) is 4.79 Å².